The van der Waals surface area contributed by atoms with Gasteiger partial charge in [0.2, 0.25) is 0 Å². The van der Waals surface area contributed by atoms with Gasteiger partial charge in [0.15, 0.2) is 6.29 Å². The monoisotopic (exact) mass is 109 g/mol. The second kappa shape index (κ2) is 1.82. The molecule has 0 fully saturated rings. The third-order valence-corrected chi connectivity index (χ3v) is 1.12. The third kappa shape index (κ3) is 0.644. The Balaban J connectivity index is 3.09. The Morgan fingerprint density at radius 2 is 2.50 bits per heavy atom. The summed E-state index contributed by atoms with van der Waals surface area (Å²) >= 11 is 0. The number of hydrogen-bond acceptors (Lipinski definition) is 1. The van der Waals surface area contributed by atoms with Crippen molar-refractivity contribution in [3.8, 4) is 0 Å². The smallest absolute Gasteiger partial charge is 0.151 e. The first-order valence-corrected chi connectivity index (χ1v) is 2.44. The van der Waals surface area contributed by atoms with Crippen molar-refractivity contribution in [2.45, 2.75) is 6.92 Å². The van der Waals surface area contributed by atoms with Gasteiger partial charge >= 0.3 is 0 Å². The molecule has 1 heterocycles. The number of aromatic nitrogens is 1. The van der Waals surface area contributed by atoms with E-state index in [1.165, 1.54) is 0 Å². The van der Waals surface area contributed by atoms with Crippen LogP contribution in [0.3, 0.4) is 0 Å². The zero-order valence-electron chi connectivity index (χ0n) is 4.64. The average Bonchev–Trinajstić information content (AvgIpc) is 2.14. The Hall–Kier alpha value is -1.05. The number of hydrogen-bond donors (Lipinski definition) is 1. The quantitative estimate of drug-likeness (QED) is 0.539. The van der Waals surface area contributed by atoms with Gasteiger partial charge in [-0.2, -0.15) is 0 Å². The van der Waals surface area contributed by atoms with Crippen molar-refractivity contribution >= 4 is 6.29 Å². The molecule has 0 aromatic carbocycles. The Kier molecular flexibility index (Phi) is 1.16. The van der Waals surface area contributed by atoms with Gasteiger partial charge in [0.1, 0.15) is 0 Å². The summed E-state index contributed by atoms with van der Waals surface area (Å²) in [6.45, 7) is 1.86. The number of rotatable bonds is 1. The van der Waals surface area contributed by atoms with Gasteiger partial charge in [-0.05, 0) is 13.0 Å². The van der Waals surface area contributed by atoms with E-state index in [-0.39, 0.29) is 0 Å². The van der Waals surface area contributed by atoms with Crippen LogP contribution in [0.4, 0.5) is 0 Å². The fourth-order valence-corrected chi connectivity index (χ4v) is 0.592. The zero-order chi connectivity index (χ0) is 5.98. The minimum absolute atomic E-state index is 0.741. The summed E-state index contributed by atoms with van der Waals surface area (Å²) < 4.78 is 0. The Bertz CT molecular complexity index is 190. The topological polar surface area (TPSA) is 32.9 Å². The summed E-state index contributed by atoms with van der Waals surface area (Å²) in [6, 6.07) is 1.75. The fraction of sp³-hybridized carbons (Fsp3) is 0.167. The number of nitrogens with one attached hydrogen (secondary N) is 1. The first kappa shape index (κ1) is 5.09. The average molecular weight is 109 g/mol. The molecule has 1 aromatic rings. The van der Waals surface area contributed by atoms with Gasteiger partial charge in [-0.3, -0.25) is 4.79 Å². The van der Waals surface area contributed by atoms with E-state index in [9.17, 15) is 4.79 Å². The maximum Gasteiger partial charge on any atom is 0.151 e. The molecule has 0 amide bonds. The molecule has 0 spiro atoms. The Labute approximate surface area is 47.5 Å². The van der Waals surface area contributed by atoms with Crippen molar-refractivity contribution < 1.29 is 4.79 Å². The molecule has 2 heteroatoms. The molecular weight excluding hydrogens is 102 g/mol. The number of carbonyl (C=O) groups is 1. The highest BCUT2D eigenvalue weighted by atomic mass is 16.1. The number of aryl methyl sites for hydroxylation is 1. The number of carbonyl (C=O) groups excluding carboxylic acids is 1. The standard InChI is InChI=1S/C6H7NO/c1-5-6(4-8)2-3-7-5/h2-4,7H,1H3. The second-order valence-corrected chi connectivity index (χ2v) is 1.68. The third-order valence-electron chi connectivity index (χ3n) is 1.12. The molecule has 0 aliphatic heterocycles. The number of aldehydes is 1. The van der Waals surface area contributed by atoms with E-state index in [4.69, 9.17) is 0 Å². The van der Waals surface area contributed by atoms with Crippen LogP contribution in [-0.4, -0.2) is 11.3 Å². The lowest BCUT2D eigenvalue weighted by molar-refractivity contribution is 0.112. The first-order chi connectivity index (χ1) is 3.84. The summed E-state index contributed by atoms with van der Waals surface area (Å²) in [4.78, 5) is 13.0. The predicted octanol–water partition coefficient (Wildman–Crippen LogP) is 1.14. The van der Waals surface area contributed by atoms with E-state index in [1.807, 2.05) is 6.92 Å². The summed E-state index contributed by atoms with van der Waals surface area (Å²) in [5.74, 6) is 0. The molecule has 0 aliphatic rings. The van der Waals surface area contributed by atoms with Crippen LogP contribution >= 0.6 is 0 Å². The molecule has 1 rings (SSSR count). The molecule has 8 heavy (non-hydrogen) atoms. The molecule has 0 unspecified atom stereocenters. The molecule has 2 nitrogen and oxygen atoms in total. The van der Waals surface area contributed by atoms with Crippen molar-refractivity contribution in [1.82, 2.24) is 4.98 Å². The summed E-state index contributed by atoms with van der Waals surface area (Å²) in [5.41, 5.74) is 1.67. The van der Waals surface area contributed by atoms with Crippen molar-refractivity contribution in [3.63, 3.8) is 0 Å². The summed E-state index contributed by atoms with van der Waals surface area (Å²) in [6.07, 6.45) is 2.59. The van der Waals surface area contributed by atoms with E-state index >= 15 is 0 Å². The molecule has 0 atom stereocenters. The largest absolute Gasteiger partial charge is 0.365 e. The van der Waals surface area contributed by atoms with Crippen LogP contribution in [-0.2, 0) is 0 Å². The molecule has 0 saturated heterocycles. The van der Waals surface area contributed by atoms with Crippen LogP contribution in [0.1, 0.15) is 16.1 Å². The Morgan fingerprint density at radius 1 is 1.75 bits per heavy atom. The van der Waals surface area contributed by atoms with Gasteiger partial charge in [0, 0.05) is 17.5 Å². The van der Waals surface area contributed by atoms with Crippen molar-refractivity contribution in [2.75, 3.05) is 0 Å². The lowest BCUT2D eigenvalue weighted by Crippen LogP contribution is -1.77. The fourth-order valence-electron chi connectivity index (χ4n) is 0.592. The minimum atomic E-state index is 0.741. The van der Waals surface area contributed by atoms with Crippen LogP contribution in [0.25, 0.3) is 0 Å². The maximum absolute atomic E-state index is 10.1. The van der Waals surface area contributed by atoms with Gasteiger partial charge in [0.05, 0.1) is 0 Å². The van der Waals surface area contributed by atoms with Gasteiger partial charge in [0.25, 0.3) is 0 Å². The lowest BCUT2D eigenvalue weighted by Gasteiger charge is -1.80. The highest BCUT2D eigenvalue weighted by Gasteiger charge is 1.92. The molecule has 1 aromatic heterocycles. The lowest BCUT2D eigenvalue weighted by atomic mass is 10.3. The van der Waals surface area contributed by atoms with Crippen LogP contribution in [0.15, 0.2) is 12.3 Å². The first-order valence-electron chi connectivity index (χ1n) is 2.44. The van der Waals surface area contributed by atoms with E-state index in [1.54, 1.807) is 12.3 Å². The second-order valence-electron chi connectivity index (χ2n) is 1.68. The molecule has 0 aliphatic carbocycles. The van der Waals surface area contributed by atoms with Crippen LogP contribution < -0.4 is 0 Å². The van der Waals surface area contributed by atoms with E-state index in [0.29, 0.717) is 0 Å². The predicted molar refractivity (Wildman–Crippen MR) is 30.9 cm³/mol. The van der Waals surface area contributed by atoms with Gasteiger partial charge in [-0.1, -0.05) is 0 Å². The molecule has 0 bridgehead atoms. The van der Waals surface area contributed by atoms with E-state index in [2.05, 4.69) is 4.98 Å². The molecule has 0 radical (unpaired) electrons. The molecule has 42 valence electrons. The van der Waals surface area contributed by atoms with Crippen molar-refractivity contribution in [3.05, 3.63) is 23.5 Å². The maximum atomic E-state index is 10.1. The summed E-state index contributed by atoms with van der Waals surface area (Å²) in [5, 5.41) is 0. The normalized spacial score (nSPS) is 9.12. The van der Waals surface area contributed by atoms with E-state index in [0.717, 1.165) is 17.5 Å². The van der Waals surface area contributed by atoms with Gasteiger partial charge < -0.3 is 4.98 Å². The number of H-pyrrole nitrogens is 1. The van der Waals surface area contributed by atoms with Crippen molar-refractivity contribution in [2.24, 2.45) is 0 Å². The highest BCUT2D eigenvalue weighted by Crippen LogP contribution is 1.98. The minimum Gasteiger partial charge on any atom is -0.365 e. The zero-order valence-corrected chi connectivity index (χ0v) is 4.64. The highest BCUT2D eigenvalue weighted by molar-refractivity contribution is 5.76. The SMILES string of the molecule is Cc1[nH]ccc1C=O. The van der Waals surface area contributed by atoms with Crippen LogP contribution in [0.5, 0.6) is 0 Å². The molecule has 0 saturated carbocycles. The van der Waals surface area contributed by atoms with Crippen LogP contribution in [0.2, 0.25) is 0 Å². The van der Waals surface area contributed by atoms with Gasteiger partial charge in [-0.15, -0.1) is 0 Å². The molecular formula is C6H7NO. The van der Waals surface area contributed by atoms with E-state index < -0.39 is 0 Å². The Morgan fingerprint density at radius 3 is 2.75 bits per heavy atom. The van der Waals surface area contributed by atoms with Gasteiger partial charge in [-0.25, -0.2) is 0 Å². The molecule has 1 N–H and O–H groups in total. The van der Waals surface area contributed by atoms with Crippen molar-refractivity contribution in [1.29, 1.82) is 0 Å². The van der Waals surface area contributed by atoms with Crippen LogP contribution in [0, 0.1) is 6.92 Å². The number of aromatic amines is 1. The summed E-state index contributed by atoms with van der Waals surface area (Å²) in [7, 11) is 0.